The molecule has 0 aliphatic carbocycles. The number of amides is 1. The van der Waals surface area contributed by atoms with Crippen LogP contribution < -0.4 is 5.32 Å². The minimum atomic E-state index is -1.08. The van der Waals surface area contributed by atoms with Crippen molar-refractivity contribution in [3.63, 3.8) is 0 Å². The Labute approximate surface area is 122 Å². The zero-order valence-electron chi connectivity index (χ0n) is 12.4. The monoisotopic (exact) mass is 287 g/mol. The number of hydrogen-bond donors (Lipinski definition) is 3. The summed E-state index contributed by atoms with van der Waals surface area (Å²) in [6.07, 6.45) is 0. The number of anilines is 1. The Hall–Kier alpha value is -2.63. The number of aromatic nitrogens is 2. The number of aromatic amines is 1. The molecular formula is C15H17N3O3. The molecule has 0 bridgehead atoms. The van der Waals surface area contributed by atoms with Crippen LogP contribution in [0, 0.1) is 27.7 Å². The van der Waals surface area contributed by atoms with Gasteiger partial charge in [0.25, 0.3) is 5.91 Å². The number of carboxylic acids is 1. The van der Waals surface area contributed by atoms with Gasteiger partial charge in [0.1, 0.15) is 5.69 Å². The standard InChI is InChI=1S/C15H17N3O3/c1-7-5-6-11(9(3)16-7)18-14(19)12-8(2)13(15(20)21)17-10(12)4/h5-6,17H,1-4H3,(H,18,19)(H,20,21). The number of hydrogen-bond acceptors (Lipinski definition) is 3. The normalized spacial score (nSPS) is 10.5. The minimum Gasteiger partial charge on any atom is -0.477 e. The quantitative estimate of drug-likeness (QED) is 0.808. The highest BCUT2D eigenvalue weighted by molar-refractivity contribution is 6.08. The molecule has 2 aromatic rings. The third-order valence-electron chi connectivity index (χ3n) is 3.35. The highest BCUT2D eigenvalue weighted by atomic mass is 16.4. The molecule has 0 aliphatic rings. The first-order chi connectivity index (χ1) is 9.81. The average Bonchev–Trinajstić information content (AvgIpc) is 2.68. The Bertz CT molecular complexity index is 732. The van der Waals surface area contributed by atoms with Gasteiger partial charge in [0.05, 0.1) is 16.9 Å². The highest BCUT2D eigenvalue weighted by Crippen LogP contribution is 2.20. The molecule has 0 radical (unpaired) electrons. The molecular weight excluding hydrogens is 270 g/mol. The number of nitrogens with zero attached hydrogens (tertiary/aromatic N) is 1. The van der Waals surface area contributed by atoms with E-state index in [1.54, 1.807) is 19.9 Å². The summed E-state index contributed by atoms with van der Waals surface area (Å²) >= 11 is 0. The van der Waals surface area contributed by atoms with E-state index in [2.05, 4.69) is 15.3 Å². The van der Waals surface area contributed by atoms with Crippen molar-refractivity contribution in [1.82, 2.24) is 9.97 Å². The maximum Gasteiger partial charge on any atom is 0.352 e. The molecule has 2 aromatic heterocycles. The first kappa shape index (κ1) is 14.8. The van der Waals surface area contributed by atoms with Gasteiger partial charge in [0, 0.05) is 11.4 Å². The van der Waals surface area contributed by atoms with Crippen molar-refractivity contribution >= 4 is 17.6 Å². The van der Waals surface area contributed by atoms with E-state index in [0.717, 1.165) is 5.69 Å². The number of carboxylic acid groups (broad SMARTS) is 1. The van der Waals surface area contributed by atoms with Crippen LogP contribution in [0.2, 0.25) is 0 Å². The summed E-state index contributed by atoms with van der Waals surface area (Å²) in [5.74, 6) is -1.43. The molecule has 0 atom stereocenters. The number of nitrogens with one attached hydrogen (secondary N) is 2. The molecule has 0 aliphatic heterocycles. The second-order valence-corrected chi connectivity index (χ2v) is 4.97. The summed E-state index contributed by atoms with van der Waals surface area (Å²) in [5.41, 5.74) is 3.54. The molecule has 0 saturated heterocycles. The zero-order chi connectivity index (χ0) is 15.7. The fourth-order valence-corrected chi connectivity index (χ4v) is 2.31. The second-order valence-electron chi connectivity index (χ2n) is 4.97. The lowest BCUT2D eigenvalue weighted by Gasteiger charge is -2.09. The average molecular weight is 287 g/mol. The number of H-pyrrole nitrogens is 1. The van der Waals surface area contributed by atoms with E-state index in [-0.39, 0.29) is 11.6 Å². The van der Waals surface area contributed by atoms with Crippen molar-refractivity contribution in [2.24, 2.45) is 0 Å². The Morgan fingerprint density at radius 1 is 1.19 bits per heavy atom. The van der Waals surface area contributed by atoms with Crippen LogP contribution >= 0.6 is 0 Å². The topological polar surface area (TPSA) is 95.1 Å². The second kappa shape index (κ2) is 5.40. The maximum absolute atomic E-state index is 12.4. The number of carbonyl (C=O) groups is 2. The predicted molar refractivity (Wildman–Crippen MR) is 78.9 cm³/mol. The van der Waals surface area contributed by atoms with Crippen LogP contribution in [-0.2, 0) is 0 Å². The number of aryl methyl sites for hydroxylation is 3. The maximum atomic E-state index is 12.4. The summed E-state index contributed by atoms with van der Waals surface area (Å²) in [6, 6.07) is 3.59. The van der Waals surface area contributed by atoms with Crippen molar-refractivity contribution in [3.8, 4) is 0 Å². The van der Waals surface area contributed by atoms with Gasteiger partial charge in [-0.2, -0.15) is 0 Å². The lowest BCUT2D eigenvalue weighted by molar-refractivity contribution is 0.0690. The fourth-order valence-electron chi connectivity index (χ4n) is 2.31. The summed E-state index contributed by atoms with van der Waals surface area (Å²) in [6.45, 7) is 6.97. The smallest absolute Gasteiger partial charge is 0.352 e. The van der Waals surface area contributed by atoms with Crippen LogP contribution in [0.25, 0.3) is 0 Å². The van der Waals surface area contributed by atoms with Crippen molar-refractivity contribution in [2.45, 2.75) is 27.7 Å². The molecule has 0 unspecified atom stereocenters. The van der Waals surface area contributed by atoms with Gasteiger partial charge in [0.2, 0.25) is 0 Å². The van der Waals surface area contributed by atoms with Crippen molar-refractivity contribution < 1.29 is 14.7 Å². The molecule has 1 amide bonds. The molecule has 2 heterocycles. The van der Waals surface area contributed by atoms with Gasteiger partial charge in [-0.05, 0) is 45.4 Å². The molecule has 0 saturated carbocycles. The molecule has 6 heteroatoms. The molecule has 6 nitrogen and oxygen atoms in total. The van der Waals surface area contributed by atoms with Crippen LogP contribution in [0.5, 0.6) is 0 Å². The SMILES string of the molecule is Cc1ccc(NC(=O)c2c(C)[nH]c(C(=O)O)c2C)c(C)n1. The fraction of sp³-hybridized carbons (Fsp3) is 0.267. The van der Waals surface area contributed by atoms with Crippen LogP contribution in [0.1, 0.15) is 43.5 Å². The van der Waals surface area contributed by atoms with E-state index < -0.39 is 5.97 Å². The zero-order valence-corrected chi connectivity index (χ0v) is 12.4. The van der Waals surface area contributed by atoms with Crippen LogP contribution in [0.4, 0.5) is 5.69 Å². The lowest BCUT2D eigenvalue weighted by Crippen LogP contribution is -2.15. The highest BCUT2D eigenvalue weighted by Gasteiger charge is 2.21. The Balaban J connectivity index is 2.35. The molecule has 2 rings (SSSR count). The van der Waals surface area contributed by atoms with E-state index in [1.807, 2.05) is 19.9 Å². The number of carbonyl (C=O) groups excluding carboxylic acids is 1. The molecule has 110 valence electrons. The Kier molecular flexibility index (Phi) is 3.80. The van der Waals surface area contributed by atoms with E-state index in [9.17, 15) is 9.59 Å². The van der Waals surface area contributed by atoms with Crippen LogP contribution in [-0.4, -0.2) is 27.0 Å². The van der Waals surface area contributed by atoms with Gasteiger partial charge in [-0.3, -0.25) is 9.78 Å². The predicted octanol–water partition coefficient (Wildman–Crippen LogP) is 2.59. The van der Waals surface area contributed by atoms with E-state index in [4.69, 9.17) is 5.11 Å². The van der Waals surface area contributed by atoms with Crippen molar-refractivity contribution in [1.29, 1.82) is 0 Å². The van der Waals surface area contributed by atoms with Gasteiger partial charge >= 0.3 is 5.97 Å². The first-order valence-corrected chi connectivity index (χ1v) is 6.49. The molecule has 0 aromatic carbocycles. The molecule has 0 spiro atoms. The summed E-state index contributed by atoms with van der Waals surface area (Å²) in [4.78, 5) is 30.5. The van der Waals surface area contributed by atoms with Crippen LogP contribution in [0.15, 0.2) is 12.1 Å². The summed E-state index contributed by atoms with van der Waals surface area (Å²) in [7, 11) is 0. The lowest BCUT2D eigenvalue weighted by atomic mass is 10.1. The minimum absolute atomic E-state index is 0.0383. The largest absolute Gasteiger partial charge is 0.477 e. The molecule has 21 heavy (non-hydrogen) atoms. The number of pyridine rings is 1. The van der Waals surface area contributed by atoms with Gasteiger partial charge in [0.15, 0.2) is 0 Å². The van der Waals surface area contributed by atoms with Gasteiger partial charge in [-0.1, -0.05) is 0 Å². The van der Waals surface area contributed by atoms with Gasteiger partial charge in [-0.25, -0.2) is 4.79 Å². The third-order valence-corrected chi connectivity index (χ3v) is 3.35. The van der Waals surface area contributed by atoms with E-state index in [1.165, 1.54) is 0 Å². The molecule has 3 N–H and O–H groups in total. The van der Waals surface area contributed by atoms with Gasteiger partial charge < -0.3 is 15.4 Å². The molecule has 0 fully saturated rings. The van der Waals surface area contributed by atoms with Gasteiger partial charge in [-0.15, -0.1) is 0 Å². The summed E-state index contributed by atoms with van der Waals surface area (Å²) in [5, 5.41) is 11.8. The first-order valence-electron chi connectivity index (χ1n) is 6.49. The van der Waals surface area contributed by atoms with E-state index >= 15 is 0 Å². The Morgan fingerprint density at radius 2 is 1.86 bits per heavy atom. The van der Waals surface area contributed by atoms with Crippen LogP contribution in [0.3, 0.4) is 0 Å². The van der Waals surface area contributed by atoms with Crippen molar-refractivity contribution in [3.05, 3.63) is 46.0 Å². The van der Waals surface area contributed by atoms with Crippen molar-refractivity contribution in [2.75, 3.05) is 5.32 Å². The van der Waals surface area contributed by atoms with E-state index in [0.29, 0.717) is 28.2 Å². The Morgan fingerprint density at radius 3 is 2.38 bits per heavy atom. The number of rotatable bonds is 3. The summed E-state index contributed by atoms with van der Waals surface area (Å²) < 4.78 is 0. The number of aromatic carboxylic acids is 1. The third kappa shape index (κ3) is 2.79.